The van der Waals surface area contributed by atoms with Gasteiger partial charge >= 0.3 is 0 Å². The lowest BCUT2D eigenvalue weighted by molar-refractivity contribution is -0.104. The van der Waals surface area contributed by atoms with Crippen LogP contribution in [-0.4, -0.2) is 29.9 Å². The van der Waals surface area contributed by atoms with Gasteiger partial charge in [-0.3, -0.25) is 4.79 Å². The number of hydrogen-bond donors (Lipinski definition) is 2. The van der Waals surface area contributed by atoms with Gasteiger partial charge < -0.3 is 15.7 Å². The molecule has 0 aromatic rings. The average Bonchev–Trinajstić information content (AvgIpc) is 2.28. The lowest BCUT2D eigenvalue weighted by Crippen LogP contribution is -2.20. The van der Waals surface area contributed by atoms with Crippen LogP contribution >= 0.6 is 0 Å². The number of nitrogens with two attached hydrogens (primary N) is 1. The van der Waals surface area contributed by atoms with E-state index in [1.54, 1.807) is 13.0 Å². The van der Waals surface area contributed by atoms with Gasteiger partial charge in [-0.1, -0.05) is 6.58 Å². The van der Waals surface area contributed by atoms with Crippen molar-refractivity contribution in [2.75, 3.05) is 13.6 Å². The maximum atomic E-state index is 10.6. The van der Waals surface area contributed by atoms with Gasteiger partial charge in [0, 0.05) is 19.8 Å². The van der Waals surface area contributed by atoms with E-state index in [1.807, 2.05) is 18.9 Å². The summed E-state index contributed by atoms with van der Waals surface area (Å²) in [7, 11) is 1.85. The zero-order valence-electron chi connectivity index (χ0n) is 10.6. The van der Waals surface area contributed by atoms with Gasteiger partial charge in [-0.25, -0.2) is 0 Å². The molecule has 0 rings (SSSR count). The Morgan fingerprint density at radius 1 is 1.41 bits per heavy atom. The van der Waals surface area contributed by atoms with Crippen molar-refractivity contribution >= 4 is 6.29 Å². The number of carbonyl (C=O) groups excluding carboxylic acids is 1. The van der Waals surface area contributed by atoms with E-state index in [2.05, 4.69) is 6.58 Å². The number of aliphatic hydroxyl groups excluding tert-OH is 1. The highest BCUT2D eigenvalue weighted by molar-refractivity contribution is 5.73. The van der Waals surface area contributed by atoms with Crippen LogP contribution in [0.1, 0.15) is 13.8 Å². The molecule has 0 aliphatic carbocycles. The summed E-state index contributed by atoms with van der Waals surface area (Å²) in [4.78, 5) is 12.5. The fourth-order valence-corrected chi connectivity index (χ4v) is 1.16. The summed E-state index contributed by atoms with van der Waals surface area (Å²) in [6, 6.07) is 0. The number of allylic oxidation sites excluding steroid dienone is 3. The first-order valence-corrected chi connectivity index (χ1v) is 5.22. The Hall–Kier alpha value is -1.97. The lowest BCUT2D eigenvalue weighted by atomic mass is 10.1. The van der Waals surface area contributed by atoms with E-state index >= 15 is 0 Å². The molecule has 0 radical (unpaired) electrons. The molecule has 0 aliphatic rings. The Morgan fingerprint density at radius 3 is 2.41 bits per heavy atom. The summed E-state index contributed by atoms with van der Waals surface area (Å²) >= 11 is 0. The number of carbonyl (C=O) groups is 1. The molecule has 0 unspecified atom stereocenters. The molecule has 0 fully saturated rings. The predicted octanol–water partition coefficient (Wildman–Crippen LogP) is 1.88. The third-order valence-electron chi connectivity index (χ3n) is 2.38. The average molecular weight is 236 g/mol. The molecule has 0 aromatic heterocycles. The molecule has 0 aromatic carbocycles. The molecule has 0 spiro atoms. The first kappa shape index (κ1) is 15.0. The topological polar surface area (TPSA) is 66.6 Å². The van der Waals surface area contributed by atoms with E-state index < -0.39 is 0 Å². The quantitative estimate of drug-likeness (QED) is 0.320. The summed E-state index contributed by atoms with van der Waals surface area (Å²) in [5.74, 6) is -0.0333. The number of likely N-dealkylation sites (N-methyl/N-ethyl adjacent to an activating group) is 1. The summed E-state index contributed by atoms with van der Waals surface area (Å²) in [6.07, 6.45) is 5.38. The monoisotopic (exact) mass is 236 g/mol. The number of nitrogens with zero attached hydrogens (tertiary/aromatic N) is 1. The first-order valence-electron chi connectivity index (χ1n) is 5.22. The van der Waals surface area contributed by atoms with Gasteiger partial charge in [-0.05, 0) is 37.1 Å². The van der Waals surface area contributed by atoms with Crippen LogP contribution < -0.4 is 5.73 Å². The number of rotatable bonds is 6. The van der Waals surface area contributed by atoms with E-state index in [-0.39, 0.29) is 5.76 Å². The number of aldehydes is 1. The summed E-state index contributed by atoms with van der Waals surface area (Å²) in [5, 5.41) is 8.96. The van der Waals surface area contributed by atoms with Crippen molar-refractivity contribution < 1.29 is 9.90 Å². The number of aliphatic hydroxyl groups is 1. The van der Waals surface area contributed by atoms with E-state index in [0.29, 0.717) is 12.1 Å². The summed E-state index contributed by atoms with van der Waals surface area (Å²) in [6.45, 7) is 7.61. The SMILES string of the molecule is C=C(O)/C=C\C(=C/N)N(C)C/C(C)=C(/C)C=O. The van der Waals surface area contributed by atoms with Crippen molar-refractivity contribution in [1.82, 2.24) is 4.90 Å². The minimum atomic E-state index is -0.0333. The zero-order valence-corrected chi connectivity index (χ0v) is 10.6. The molecule has 3 N–H and O–H groups in total. The van der Waals surface area contributed by atoms with Crippen molar-refractivity contribution in [3.8, 4) is 0 Å². The molecule has 4 heteroatoms. The van der Waals surface area contributed by atoms with Gasteiger partial charge in [0.05, 0.1) is 5.70 Å². The van der Waals surface area contributed by atoms with Crippen LogP contribution in [0, 0.1) is 0 Å². The van der Waals surface area contributed by atoms with Crippen molar-refractivity contribution in [3.63, 3.8) is 0 Å². The van der Waals surface area contributed by atoms with E-state index in [9.17, 15) is 4.79 Å². The van der Waals surface area contributed by atoms with Gasteiger partial charge in [0.1, 0.15) is 12.0 Å². The highest BCUT2D eigenvalue weighted by Crippen LogP contribution is 2.09. The Balaban J connectivity index is 4.75. The maximum absolute atomic E-state index is 10.6. The van der Waals surface area contributed by atoms with Crippen molar-refractivity contribution in [3.05, 3.63) is 47.5 Å². The Kier molecular flexibility index (Phi) is 6.48. The predicted molar refractivity (Wildman–Crippen MR) is 70.2 cm³/mol. The second-order valence-electron chi connectivity index (χ2n) is 3.85. The van der Waals surface area contributed by atoms with Gasteiger partial charge in [0.25, 0.3) is 0 Å². The second kappa shape index (κ2) is 7.33. The first-order chi connectivity index (χ1) is 7.92. The molecule has 0 saturated carbocycles. The van der Waals surface area contributed by atoms with Crippen LogP contribution in [0.2, 0.25) is 0 Å². The van der Waals surface area contributed by atoms with Crippen molar-refractivity contribution in [2.45, 2.75) is 13.8 Å². The van der Waals surface area contributed by atoms with Gasteiger partial charge in [-0.2, -0.15) is 0 Å². The fourth-order valence-electron chi connectivity index (χ4n) is 1.16. The van der Waals surface area contributed by atoms with Crippen LogP contribution in [0.15, 0.2) is 47.5 Å². The highest BCUT2D eigenvalue weighted by atomic mass is 16.3. The number of hydrogen-bond acceptors (Lipinski definition) is 4. The zero-order chi connectivity index (χ0) is 13.4. The highest BCUT2D eigenvalue weighted by Gasteiger charge is 2.03. The van der Waals surface area contributed by atoms with Crippen LogP contribution in [0.3, 0.4) is 0 Å². The van der Waals surface area contributed by atoms with Crippen molar-refractivity contribution in [1.29, 1.82) is 0 Å². The minimum Gasteiger partial charge on any atom is -0.509 e. The van der Waals surface area contributed by atoms with E-state index in [1.165, 1.54) is 12.3 Å². The molecule has 0 atom stereocenters. The van der Waals surface area contributed by atoms with E-state index in [4.69, 9.17) is 10.8 Å². The van der Waals surface area contributed by atoms with Gasteiger partial charge in [0.2, 0.25) is 0 Å². The Morgan fingerprint density at radius 2 is 2.00 bits per heavy atom. The molecule has 94 valence electrons. The van der Waals surface area contributed by atoms with Crippen LogP contribution in [0.25, 0.3) is 0 Å². The van der Waals surface area contributed by atoms with Gasteiger partial charge in [-0.15, -0.1) is 0 Å². The second-order valence-corrected chi connectivity index (χ2v) is 3.85. The third kappa shape index (κ3) is 5.61. The smallest absolute Gasteiger partial charge is 0.145 e. The minimum absolute atomic E-state index is 0.0333. The van der Waals surface area contributed by atoms with Crippen LogP contribution in [-0.2, 0) is 4.79 Å². The summed E-state index contributed by atoms with van der Waals surface area (Å²) < 4.78 is 0. The van der Waals surface area contributed by atoms with Crippen LogP contribution in [0.4, 0.5) is 0 Å². The Bertz CT molecular complexity index is 379. The molecule has 17 heavy (non-hydrogen) atoms. The fraction of sp³-hybridized carbons (Fsp3) is 0.308. The molecule has 0 bridgehead atoms. The Labute approximate surface area is 102 Å². The lowest BCUT2D eigenvalue weighted by Gasteiger charge is -2.20. The molecule has 0 aliphatic heterocycles. The summed E-state index contributed by atoms with van der Waals surface area (Å²) in [5.41, 5.74) is 7.91. The molecule has 0 heterocycles. The van der Waals surface area contributed by atoms with Gasteiger partial charge in [0.15, 0.2) is 0 Å². The standard InChI is InChI=1S/C13H20N2O2/c1-10(11(2)9-16)8-15(4)13(7-14)6-5-12(3)17/h5-7,9,17H,3,8,14H2,1-2,4H3/b6-5-,11-10-,13-7+. The largest absolute Gasteiger partial charge is 0.509 e. The third-order valence-corrected chi connectivity index (χ3v) is 2.38. The molecule has 0 saturated heterocycles. The molecule has 0 amide bonds. The van der Waals surface area contributed by atoms with E-state index in [0.717, 1.165) is 17.6 Å². The molecular weight excluding hydrogens is 216 g/mol. The van der Waals surface area contributed by atoms with Crippen LogP contribution in [0.5, 0.6) is 0 Å². The normalized spacial score (nSPS) is 13.5. The van der Waals surface area contributed by atoms with Crippen molar-refractivity contribution in [2.24, 2.45) is 5.73 Å². The molecular formula is C13H20N2O2. The molecule has 4 nitrogen and oxygen atoms in total. The maximum Gasteiger partial charge on any atom is 0.145 e.